The molecule has 24 heavy (non-hydrogen) atoms. The highest BCUT2D eigenvalue weighted by Crippen LogP contribution is 2.37. The smallest absolute Gasteiger partial charge is 0.0991 e. The lowest BCUT2D eigenvalue weighted by molar-refractivity contribution is 0.109. The van der Waals surface area contributed by atoms with E-state index in [0.29, 0.717) is 5.92 Å². The summed E-state index contributed by atoms with van der Waals surface area (Å²) in [7, 11) is 0. The molecule has 1 saturated carbocycles. The van der Waals surface area contributed by atoms with Gasteiger partial charge in [0.25, 0.3) is 0 Å². The van der Waals surface area contributed by atoms with Crippen molar-refractivity contribution in [1.82, 2.24) is 0 Å². The lowest BCUT2D eigenvalue weighted by Gasteiger charge is -2.28. The molecule has 130 valence electrons. The summed E-state index contributed by atoms with van der Waals surface area (Å²) in [6, 6.07) is 10.4. The summed E-state index contributed by atoms with van der Waals surface area (Å²) in [5.41, 5.74) is 2.16. The highest BCUT2D eigenvalue weighted by molar-refractivity contribution is 5.33. The Morgan fingerprint density at radius 1 is 1.04 bits per heavy atom. The van der Waals surface area contributed by atoms with E-state index in [-0.39, 0.29) is 0 Å². The van der Waals surface area contributed by atoms with E-state index in [1.54, 1.807) is 0 Å². The van der Waals surface area contributed by atoms with Crippen molar-refractivity contribution in [1.29, 1.82) is 5.26 Å². The molecule has 2 nitrogen and oxygen atoms in total. The van der Waals surface area contributed by atoms with Crippen LogP contribution in [-0.2, 0) is 4.74 Å². The summed E-state index contributed by atoms with van der Waals surface area (Å²) in [4.78, 5) is 0. The fourth-order valence-corrected chi connectivity index (χ4v) is 3.64. The third-order valence-corrected chi connectivity index (χ3v) is 5.23. The Morgan fingerprint density at radius 3 is 2.46 bits per heavy atom. The highest BCUT2D eigenvalue weighted by atomic mass is 16.5. The minimum atomic E-state index is 0.680. The quantitative estimate of drug-likeness (QED) is 0.391. The summed E-state index contributed by atoms with van der Waals surface area (Å²) in [6.07, 6.45) is 13.2. The van der Waals surface area contributed by atoms with E-state index < -0.39 is 0 Å². The summed E-state index contributed by atoms with van der Waals surface area (Å²) in [5, 5.41) is 8.88. The van der Waals surface area contributed by atoms with Crippen molar-refractivity contribution in [2.75, 3.05) is 13.2 Å². The number of benzene rings is 1. The van der Waals surface area contributed by atoms with E-state index >= 15 is 0 Å². The number of nitriles is 1. The summed E-state index contributed by atoms with van der Waals surface area (Å²) < 4.78 is 5.80. The average molecular weight is 325 g/mol. The van der Waals surface area contributed by atoms with Gasteiger partial charge in [-0.25, -0.2) is 0 Å². The van der Waals surface area contributed by atoms with E-state index in [9.17, 15) is 0 Å². The van der Waals surface area contributed by atoms with Crippen LogP contribution < -0.4 is 0 Å². The van der Waals surface area contributed by atoms with E-state index in [4.69, 9.17) is 10.00 Å². The molecule has 0 aliphatic heterocycles. The molecule has 0 bridgehead atoms. The van der Waals surface area contributed by atoms with Gasteiger partial charge in [-0.1, -0.05) is 24.6 Å². The van der Waals surface area contributed by atoms with Crippen LogP contribution in [0, 0.1) is 17.2 Å². The monoisotopic (exact) mass is 325 g/mol. The minimum Gasteiger partial charge on any atom is -0.381 e. The number of unbranched alkanes of at least 4 members (excludes halogenated alkanes) is 3. The molecule has 0 spiro atoms. The Bertz CT molecular complexity index is 506. The van der Waals surface area contributed by atoms with Gasteiger partial charge in [0.2, 0.25) is 0 Å². The van der Waals surface area contributed by atoms with Crippen LogP contribution in [0.3, 0.4) is 0 Å². The fourth-order valence-electron chi connectivity index (χ4n) is 3.64. The number of allylic oxidation sites excluding steroid dienone is 1. The largest absolute Gasteiger partial charge is 0.381 e. The second kappa shape index (κ2) is 11.0. The van der Waals surface area contributed by atoms with E-state index in [1.165, 1.54) is 56.9 Å². The Morgan fingerprint density at radius 2 is 1.79 bits per heavy atom. The molecule has 2 rings (SSSR count). The first-order chi connectivity index (χ1) is 11.8. The average Bonchev–Trinajstić information content (AvgIpc) is 2.64. The van der Waals surface area contributed by atoms with Gasteiger partial charge in [0.1, 0.15) is 0 Å². The van der Waals surface area contributed by atoms with Crippen LogP contribution in [0.4, 0.5) is 0 Å². The Balaban J connectivity index is 1.56. The number of ether oxygens (including phenoxy) is 1. The Labute approximate surface area is 147 Å². The number of hydrogen-bond donors (Lipinski definition) is 0. The van der Waals surface area contributed by atoms with Gasteiger partial charge in [0, 0.05) is 13.2 Å². The first kappa shape index (κ1) is 18.7. The molecule has 0 radical (unpaired) electrons. The topological polar surface area (TPSA) is 33.0 Å². The van der Waals surface area contributed by atoms with Gasteiger partial charge in [-0.3, -0.25) is 0 Å². The van der Waals surface area contributed by atoms with Gasteiger partial charge in [0.15, 0.2) is 0 Å². The van der Waals surface area contributed by atoms with Crippen LogP contribution in [0.5, 0.6) is 0 Å². The van der Waals surface area contributed by atoms with Crippen LogP contribution in [0.1, 0.15) is 74.8 Å². The van der Waals surface area contributed by atoms with Crippen molar-refractivity contribution >= 4 is 0 Å². The van der Waals surface area contributed by atoms with Crippen LogP contribution in [0.15, 0.2) is 36.9 Å². The van der Waals surface area contributed by atoms with Gasteiger partial charge in [-0.15, -0.1) is 6.58 Å². The molecular weight excluding hydrogens is 294 g/mol. The first-order valence-electron chi connectivity index (χ1n) is 9.52. The van der Waals surface area contributed by atoms with Gasteiger partial charge >= 0.3 is 0 Å². The molecule has 0 aromatic heterocycles. The molecule has 1 aliphatic rings. The fraction of sp³-hybridized carbons (Fsp3) is 0.591. The first-order valence-corrected chi connectivity index (χ1v) is 9.52. The maximum absolute atomic E-state index is 8.88. The minimum absolute atomic E-state index is 0.680. The standard InChI is InChI=1S/C22H31NO/c1-2-3-4-5-6-16-24-17-15-19-7-11-21(12-8-19)22-13-9-20(18-23)10-14-22/h2,9-10,13-14,19,21H,1,3-8,11-12,15-17H2/t19-,21-. The highest BCUT2D eigenvalue weighted by Gasteiger charge is 2.22. The van der Waals surface area contributed by atoms with Gasteiger partial charge in [-0.2, -0.15) is 5.26 Å². The molecule has 0 unspecified atom stereocenters. The third-order valence-electron chi connectivity index (χ3n) is 5.23. The van der Waals surface area contributed by atoms with Crippen molar-refractivity contribution < 1.29 is 4.74 Å². The normalized spacial score (nSPS) is 20.5. The predicted molar refractivity (Wildman–Crippen MR) is 100.0 cm³/mol. The SMILES string of the molecule is C=CCCCCCOCC[C@H]1CC[C@H](c2ccc(C#N)cc2)CC1. The maximum atomic E-state index is 8.88. The van der Waals surface area contributed by atoms with E-state index in [0.717, 1.165) is 31.1 Å². The van der Waals surface area contributed by atoms with E-state index in [1.807, 2.05) is 18.2 Å². The molecule has 0 N–H and O–H groups in total. The summed E-state index contributed by atoms with van der Waals surface area (Å²) in [5.74, 6) is 1.51. The van der Waals surface area contributed by atoms with Gasteiger partial charge in [-0.05, 0) is 80.9 Å². The lowest BCUT2D eigenvalue weighted by atomic mass is 9.77. The van der Waals surface area contributed by atoms with E-state index in [2.05, 4.69) is 24.8 Å². The Hall–Kier alpha value is -1.59. The van der Waals surface area contributed by atoms with Crippen molar-refractivity contribution in [3.05, 3.63) is 48.0 Å². The van der Waals surface area contributed by atoms with Gasteiger partial charge in [0.05, 0.1) is 11.6 Å². The van der Waals surface area contributed by atoms with Crippen LogP contribution >= 0.6 is 0 Å². The molecule has 0 amide bonds. The summed E-state index contributed by atoms with van der Waals surface area (Å²) >= 11 is 0. The van der Waals surface area contributed by atoms with Crippen LogP contribution in [0.2, 0.25) is 0 Å². The second-order valence-corrected chi connectivity index (χ2v) is 6.99. The van der Waals surface area contributed by atoms with Crippen molar-refractivity contribution in [3.8, 4) is 6.07 Å². The molecule has 1 aliphatic carbocycles. The molecule has 0 heterocycles. The maximum Gasteiger partial charge on any atom is 0.0991 e. The number of rotatable bonds is 10. The van der Waals surface area contributed by atoms with Gasteiger partial charge < -0.3 is 4.74 Å². The molecular formula is C22H31NO. The predicted octanol–water partition coefficient (Wildman–Crippen LogP) is 5.99. The zero-order valence-corrected chi connectivity index (χ0v) is 14.9. The third kappa shape index (κ3) is 6.49. The van der Waals surface area contributed by atoms with Crippen molar-refractivity contribution in [2.24, 2.45) is 5.92 Å². The second-order valence-electron chi connectivity index (χ2n) is 6.99. The number of nitrogens with zero attached hydrogens (tertiary/aromatic N) is 1. The molecule has 0 atom stereocenters. The molecule has 1 aromatic rings. The zero-order valence-electron chi connectivity index (χ0n) is 14.9. The molecule has 0 saturated heterocycles. The van der Waals surface area contributed by atoms with Crippen LogP contribution in [0.25, 0.3) is 0 Å². The Kier molecular flexibility index (Phi) is 8.63. The molecule has 1 aromatic carbocycles. The van der Waals surface area contributed by atoms with Crippen molar-refractivity contribution in [3.63, 3.8) is 0 Å². The van der Waals surface area contributed by atoms with Crippen LogP contribution in [-0.4, -0.2) is 13.2 Å². The molecule has 2 heteroatoms. The zero-order chi connectivity index (χ0) is 17.0. The van der Waals surface area contributed by atoms with Crippen molar-refractivity contribution in [2.45, 2.75) is 63.7 Å². The summed E-state index contributed by atoms with van der Waals surface area (Å²) in [6.45, 7) is 5.59. The lowest BCUT2D eigenvalue weighted by Crippen LogP contribution is -2.15. The molecule has 1 fully saturated rings. The number of hydrogen-bond acceptors (Lipinski definition) is 2.